The summed E-state index contributed by atoms with van der Waals surface area (Å²) >= 11 is 5.62. The second kappa shape index (κ2) is 3.80. The number of carbonyl (C=O) groups excluding carboxylic acids is 2. The molecule has 13 heavy (non-hydrogen) atoms. The molecule has 2 rings (SSSR count). The van der Waals surface area contributed by atoms with Gasteiger partial charge in [0.05, 0.1) is 11.1 Å². The van der Waals surface area contributed by atoms with Gasteiger partial charge in [-0.3, -0.25) is 0 Å². The van der Waals surface area contributed by atoms with Crippen LogP contribution >= 0.6 is 11.6 Å². The van der Waals surface area contributed by atoms with Crippen molar-refractivity contribution in [2.75, 3.05) is 0 Å². The predicted octanol–water partition coefficient (Wildman–Crippen LogP) is 1.27. The molecule has 0 atom stereocenters. The van der Waals surface area contributed by atoms with E-state index in [2.05, 4.69) is 4.74 Å². The van der Waals surface area contributed by atoms with Crippen molar-refractivity contribution in [3.05, 3.63) is 34.3 Å². The van der Waals surface area contributed by atoms with Gasteiger partial charge in [0.15, 0.2) is 0 Å². The fraction of sp³-hybridized carbons (Fsp3) is 0. The number of hydrogen-bond acceptors (Lipinski definition) is 3. The Morgan fingerprint density at radius 1 is 1.08 bits per heavy atom. The number of fused-ring (bicyclic) bond motifs is 1. The number of carbonyl (C=O) groups is 2. The van der Waals surface area contributed by atoms with Crippen molar-refractivity contribution in [1.29, 1.82) is 0 Å². The van der Waals surface area contributed by atoms with Gasteiger partial charge in [0, 0.05) is 34.6 Å². The molecule has 3 nitrogen and oxygen atoms in total. The van der Waals surface area contributed by atoms with E-state index in [0.717, 1.165) is 0 Å². The molecule has 0 N–H and O–H groups in total. The number of esters is 2. The van der Waals surface area contributed by atoms with Gasteiger partial charge in [-0.25, -0.2) is 9.59 Å². The standard InChI is InChI=1S/C8H3ClO3.Na/c9-4-1-2-5-6(3-4)8(11)12-7(5)10;/h1-3H;. The van der Waals surface area contributed by atoms with Gasteiger partial charge < -0.3 is 4.74 Å². The van der Waals surface area contributed by atoms with E-state index in [1.54, 1.807) is 6.07 Å². The van der Waals surface area contributed by atoms with Crippen molar-refractivity contribution in [2.24, 2.45) is 0 Å². The van der Waals surface area contributed by atoms with Crippen LogP contribution in [0, 0.1) is 0 Å². The molecule has 0 bridgehead atoms. The molecular weight excluding hydrogens is 203 g/mol. The fourth-order valence-electron chi connectivity index (χ4n) is 1.06. The minimum Gasteiger partial charge on any atom is -0.386 e. The van der Waals surface area contributed by atoms with E-state index in [1.165, 1.54) is 12.1 Å². The zero-order valence-electron chi connectivity index (χ0n) is 6.83. The van der Waals surface area contributed by atoms with Crippen molar-refractivity contribution >= 4 is 53.1 Å². The van der Waals surface area contributed by atoms with E-state index in [0.29, 0.717) is 5.02 Å². The van der Waals surface area contributed by atoms with Crippen molar-refractivity contribution in [2.45, 2.75) is 0 Å². The molecule has 1 radical (unpaired) electrons. The largest absolute Gasteiger partial charge is 0.386 e. The topological polar surface area (TPSA) is 43.4 Å². The monoisotopic (exact) mass is 205 g/mol. The van der Waals surface area contributed by atoms with Gasteiger partial charge in [0.2, 0.25) is 0 Å². The third kappa shape index (κ3) is 1.79. The smallest absolute Gasteiger partial charge is 0.346 e. The second-order valence-corrected chi connectivity index (χ2v) is 2.80. The molecule has 0 unspecified atom stereocenters. The summed E-state index contributed by atoms with van der Waals surface area (Å²) in [6.07, 6.45) is 0. The number of hydrogen-bond donors (Lipinski definition) is 0. The van der Waals surface area contributed by atoms with Crippen LogP contribution in [0.2, 0.25) is 5.02 Å². The van der Waals surface area contributed by atoms with Crippen molar-refractivity contribution < 1.29 is 14.3 Å². The SMILES string of the molecule is O=C1OC(=O)c2cc(Cl)ccc21.[Na]. The average Bonchev–Trinajstić information content (AvgIpc) is 2.28. The quantitative estimate of drug-likeness (QED) is 0.364. The number of rotatable bonds is 0. The van der Waals surface area contributed by atoms with Gasteiger partial charge >= 0.3 is 11.9 Å². The molecule has 0 aromatic heterocycles. The summed E-state index contributed by atoms with van der Waals surface area (Å²) in [6, 6.07) is 4.44. The van der Waals surface area contributed by atoms with Gasteiger partial charge in [0.25, 0.3) is 0 Å². The molecule has 0 spiro atoms. The second-order valence-electron chi connectivity index (χ2n) is 2.37. The van der Waals surface area contributed by atoms with Crippen LogP contribution in [0.25, 0.3) is 0 Å². The van der Waals surface area contributed by atoms with Crippen molar-refractivity contribution in [3.8, 4) is 0 Å². The number of ether oxygens (including phenoxy) is 1. The predicted molar refractivity (Wildman–Crippen MR) is 47.0 cm³/mol. The first kappa shape index (κ1) is 10.7. The van der Waals surface area contributed by atoms with Crippen LogP contribution in [0.3, 0.4) is 0 Å². The minimum atomic E-state index is -0.627. The van der Waals surface area contributed by atoms with E-state index in [1.807, 2.05) is 0 Å². The molecule has 1 aromatic carbocycles. The van der Waals surface area contributed by atoms with Crippen LogP contribution in [-0.4, -0.2) is 41.5 Å². The first-order chi connectivity index (χ1) is 5.68. The molecule has 1 aliphatic rings. The Labute approximate surface area is 101 Å². The number of cyclic esters (lactones) is 2. The Hall–Kier alpha value is -0.350. The summed E-state index contributed by atoms with van der Waals surface area (Å²) in [5.41, 5.74) is 0.525. The maximum Gasteiger partial charge on any atom is 0.346 e. The number of benzene rings is 1. The Bertz CT molecular complexity index is 389. The Kier molecular flexibility index (Phi) is 3.14. The third-order valence-corrected chi connectivity index (χ3v) is 1.84. The van der Waals surface area contributed by atoms with Crippen LogP contribution < -0.4 is 0 Å². The minimum absolute atomic E-state index is 0. The third-order valence-electron chi connectivity index (χ3n) is 1.61. The van der Waals surface area contributed by atoms with E-state index < -0.39 is 11.9 Å². The fourth-order valence-corrected chi connectivity index (χ4v) is 1.23. The summed E-state index contributed by atoms with van der Waals surface area (Å²) in [4.78, 5) is 21.8. The zero-order valence-corrected chi connectivity index (χ0v) is 9.59. The van der Waals surface area contributed by atoms with Gasteiger partial charge in [-0.2, -0.15) is 0 Å². The Morgan fingerprint density at radius 3 is 2.38 bits per heavy atom. The molecular formula is C8H3ClNaO3. The average molecular weight is 206 g/mol. The van der Waals surface area contributed by atoms with Crippen molar-refractivity contribution in [1.82, 2.24) is 0 Å². The first-order valence-electron chi connectivity index (χ1n) is 3.24. The van der Waals surface area contributed by atoms with Crippen LogP contribution in [0.15, 0.2) is 18.2 Å². The van der Waals surface area contributed by atoms with Crippen LogP contribution in [0.5, 0.6) is 0 Å². The maximum atomic E-state index is 10.9. The first-order valence-corrected chi connectivity index (χ1v) is 3.62. The molecule has 0 fully saturated rings. The molecule has 1 aliphatic heterocycles. The maximum absolute atomic E-state index is 10.9. The molecule has 1 heterocycles. The van der Waals surface area contributed by atoms with E-state index >= 15 is 0 Å². The summed E-state index contributed by atoms with van der Waals surface area (Å²) < 4.78 is 4.35. The normalized spacial score (nSPS) is 13.3. The van der Waals surface area contributed by atoms with Crippen LogP contribution in [0.1, 0.15) is 20.7 Å². The van der Waals surface area contributed by atoms with Crippen LogP contribution in [0.4, 0.5) is 0 Å². The van der Waals surface area contributed by atoms with Crippen molar-refractivity contribution in [3.63, 3.8) is 0 Å². The molecule has 0 saturated heterocycles. The summed E-state index contributed by atoms with van der Waals surface area (Å²) in [7, 11) is 0. The van der Waals surface area contributed by atoms with Crippen LogP contribution in [-0.2, 0) is 4.74 Å². The molecule has 1 aromatic rings. The molecule has 0 aliphatic carbocycles. The number of halogens is 1. The summed E-state index contributed by atoms with van der Waals surface area (Å²) in [6.45, 7) is 0. The molecule has 0 saturated carbocycles. The molecule has 5 heteroatoms. The Balaban J connectivity index is 0.000000845. The van der Waals surface area contributed by atoms with E-state index in [9.17, 15) is 9.59 Å². The summed E-state index contributed by atoms with van der Waals surface area (Å²) in [5, 5.41) is 0.417. The van der Waals surface area contributed by atoms with Gasteiger partial charge in [-0.1, -0.05) is 11.6 Å². The zero-order chi connectivity index (χ0) is 8.72. The van der Waals surface area contributed by atoms with E-state index in [-0.39, 0.29) is 40.7 Å². The van der Waals surface area contributed by atoms with Gasteiger partial charge in [0.1, 0.15) is 0 Å². The molecule has 61 valence electrons. The summed E-state index contributed by atoms with van der Waals surface area (Å²) in [5.74, 6) is -1.23. The van der Waals surface area contributed by atoms with Gasteiger partial charge in [-0.15, -0.1) is 0 Å². The van der Waals surface area contributed by atoms with Gasteiger partial charge in [-0.05, 0) is 18.2 Å². The Morgan fingerprint density at radius 2 is 1.69 bits per heavy atom. The van der Waals surface area contributed by atoms with E-state index in [4.69, 9.17) is 11.6 Å². The molecule has 0 amide bonds.